The Morgan fingerprint density at radius 1 is 1.40 bits per heavy atom. The van der Waals surface area contributed by atoms with Gasteiger partial charge in [-0.25, -0.2) is 0 Å². The van der Waals surface area contributed by atoms with E-state index in [4.69, 9.17) is 5.73 Å². The van der Waals surface area contributed by atoms with Gasteiger partial charge in [-0.05, 0) is 13.3 Å². The second kappa shape index (κ2) is 7.23. The number of carbonyl (C=O) groups excluding carboxylic acids is 2. The van der Waals surface area contributed by atoms with Gasteiger partial charge in [0.05, 0.1) is 12.6 Å². The van der Waals surface area contributed by atoms with Crippen molar-refractivity contribution in [3.63, 3.8) is 0 Å². The highest BCUT2D eigenvalue weighted by Crippen LogP contribution is 1.97. The third-order valence-corrected chi connectivity index (χ3v) is 2.05. The van der Waals surface area contributed by atoms with E-state index < -0.39 is 6.04 Å². The van der Waals surface area contributed by atoms with Crippen molar-refractivity contribution in [2.45, 2.75) is 32.7 Å². The Balaban J connectivity index is 4.03. The minimum atomic E-state index is -0.491. The van der Waals surface area contributed by atoms with Crippen LogP contribution in [0.3, 0.4) is 0 Å². The van der Waals surface area contributed by atoms with Gasteiger partial charge < -0.3 is 16.0 Å². The minimum absolute atomic E-state index is 0.0735. The fourth-order valence-electron chi connectivity index (χ4n) is 1.26. The number of hydrogen-bond donors (Lipinski definition) is 2. The monoisotopic (exact) mass is 215 g/mol. The zero-order valence-corrected chi connectivity index (χ0v) is 9.75. The van der Waals surface area contributed by atoms with Crippen LogP contribution >= 0.6 is 0 Å². The maximum absolute atomic E-state index is 11.6. The summed E-state index contributed by atoms with van der Waals surface area (Å²) in [6.45, 7) is 4.45. The molecule has 0 heterocycles. The van der Waals surface area contributed by atoms with Gasteiger partial charge in [0.2, 0.25) is 11.8 Å². The van der Waals surface area contributed by atoms with Crippen molar-refractivity contribution >= 4 is 11.8 Å². The Bertz CT molecular complexity index is 219. The summed E-state index contributed by atoms with van der Waals surface area (Å²) in [6, 6.07) is -0.491. The maximum atomic E-state index is 11.6. The second-order valence-electron chi connectivity index (χ2n) is 3.54. The van der Waals surface area contributed by atoms with Gasteiger partial charge in [-0.1, -0.05) is 13.3 Å². The fourth-order valence-corrected chi connectivity index (χ4v) is 1.26. The number of rotatable bonds is 6. The molecule has 0 aromatic heterocycles. The molecule has 0 aliphatic carbocycles. The van der Waals surface area contributed by atoms with Crippen LogP contribution in [0.2, 0.25) is 0 Å². The molecule has 5 heteroatoms. The van der Waals surface area contributed by atoms with Gasteiger partial charge in [0, 0.05) is 13.6 Å². The van der Waals surface area contributed by atoms with E-state index in [2.05, 4.69) is 5.32 Å². The highest BCUT2D eigenvalue weighted by atomic mass is 16.2. The van der Waals surface area contributed by atoms with Crippen LogP contribution in [-0.4, -0.2) is 42.9 Å². The molecule has 0 saturated heterocycles. The quantitative estimate of drug-likeness (QED) is 0.639. The first-order valence-electron chi connectivity index (χ1n) is 5.30. The van der Waals surface area contributed by atoms with Crippen molar-refractivity contribution in [3.05, 3.63) is 0 Å². The predicted molar refractivity (Wildman–Crippen MR) is 59.2 cm³/mol. The Hall–Kier alpha value is -1.10. The molecule has 0 radical (unpaired) electrons. The highest BCUT2D eigenvalue weighted by Gasteiger charge is 2.18. The lowest BCUT2D eigenvalue weighted by Gasteiger charge is -2.20. The van der Waals surface area contributed by atoms with E-state index in [9.17, 15) is 9.59 Å². The molecule has 0 spiro atoms. The largest absolute Gasteiger partial charge is 0.355 e. The molecule has 0 bridgehead atoms. The molecule has 0 rings (SSSR count). The van der Waals surface area contributed by atoms with Crippen molar-refractivity contribution in [2.75, 3.05) is 20.1 Å². The molecule has 0 aromatic carbocycles. The standard InChI is InChI=1S/C10H21N3O2/c1-4-6-8(11)10(15)13(3)7-9(14)12-5-2/h8H,4-7,11H2,1-3H3,(H,12,14)/t8-/m0/s1. The number of amides is 2. The lowest BCUT2D eigenvalue weighted by Crippen LogP contribution is -2.45. The van der Waals surface area contributed by atoms with Crippen molar-refractivity contribution in [1.82, 2.24) is 10.2 Å². The summed E-state index contributed by atoms with van der Waals surface area (Å²) in [5, 5.41) is 2.63. The molecule has 2 amide bonds. The number of carbonyl (C=O) groups is 2. The molecule has 1 atom stereocenters. The average Bonchev–Trinajstić information content (AvgIpc) is 2.17. The summed E-state index contributed by atoms with van der Waals surface area (Å²) in [5.74, 6) is -0.333. The summed E-state index contributed by atoms with van der Waals surface area (Å²) in [4.78, 5) is 24.2. The summed E-state index contributed by atoms with van der Waals surface area (Å²) in [6.07, 6.45) is 1.51. The first kappa shape index (κ1) is 13.9. The number of nitrogens with one attached hydrogen (secondary N) is 1. The molecule has 88 valence electrons. The smallest absolute Gasteiger partial charge is 0.239 e. The van der Waals surface area contributed by atoms with Crippen LogP contribution in [-0.2, 0) is 9.59 Å². The van der Waals surface area contributed by atoms with Gasteiger partial charge in [0.15, 0.2) is 0 Å². The van der Waals surface area contributed by atoms with E-state index >= 15 is 0 Å². The first-order valence-corrected chi connectivity index (χ1v) is 5.30. The van der Waals surface area contributed by atoms with E-state index in [0.717, 1.165) is 6.42 Å². The Kier molecular flexibility index (Phi) is 6.70. The van der Waals surface area contributed by atoms with Gasteiger partial charge in [0.25, 0.3) is 0 Å². The Morgan fingerprint density at radius 2 is 2.00 bits per heavy atom. The van der Waals surface area contributed by atoms with Crippen LogP contribution in [0, 0.1) is 0 Å². The molecular formula is C10H21N3O2. The predicted octanol–water partition coefficient (Wildman–Crippen LogP) is -0.292. The van der Waals surface area contributed by atoms with Crippen LogP contribution in [0.25, 0.3) is 0 Å². The number of nitrogens with zero attached hydrogens (tertiary/aromatic N) is 1. The van der Waals surface area contributed by atoms with Crippen LogP contribution in [0.15, 0.2) is 0 Å². The van der Waals surface area contributed by atoms with Crippen molar-refractivity contribution < 1.29 is 9.59 Å². The molecule has 3 N–H and O–H groups in total. The molecule has 0 saturated carbocycles. The van der Waals surface area contributed by atoms with Gasteiger partial charge in [-0.15, -0.1) is 0 Å². The molecule has 0 aliphatic heterocycles. The van der Waals surface area contributed by atoms with Crippen molar-refractivity contribution in [2.24, 2.45) is 5.73 Å². The SMILES string of the molecule is CCC[C@H](N)C(=O)N(C)CC(=O)NCC. The van der Waals surface area contributed by atoms with Crippen LogP contribution in [0.4, 0.5) is 0 Å². The van der Waals surface area contributed by atoms with Gasteiger partial charge in [-0.2, -0.15) is 0 Å². The molecule has 0 fully saturated rings. The molecular weight excluding hydrogens is 194 g/mol. The van der Waals surface area contributed by atoms with E-state index in [1.54, 1.807) is 7.05 Å². The second-order valence-corrected chi connectivity index (χ2v) is 3.54. The van der Waals surface area contributed by atoms with Crippen LogP contribution in [0.5, 0.6) is 0 Å². The third kappa shape index (κ3) is 5.37. The Morgan fingerprint density at radius 3 is 2.47 bits per heavy atom. The molecule has 5 nitrogen and oxygen atoms in total. The van der Waals surface area contributed by atoms with Crippen LogP contribution in [0.1, 0.15) is 26.7 Å². The van der Waals surface area contributed by atoms with Gasteiger partial charge in [0.1, 0.15) is 0 Å². The lowest BCUT2D eigenvalue weighted by molar-refractivity contribution is -0.135. The van der Waals surface area contributed by atoms with Gasteiger partial charge in [-0.3, -0.25) is 9.59 Å². The maximum Gasteiger partial charge on any atom is 0.239 e. The zero-order valence-electron chi connectivity index (χ0n) is 9.75. The molecule has 15 heavy (non-hydrogen) atoms. The summed E-state index contributed by atoms with van der Waals surface area (Å²) < 4.78 is 0. The van der Waals surface area contributed by atoms with E-state index in [1.807, 2.05) is 13.8 Å². The molecule has 0 aliphatic rings. The highest BCUT2D eigenvalue weighted by molar-refractivity contribution is 5.87. The average molecular weight is 215 g/mol. The molecule has 0 unspecified atom stereocenters. The Labute approximate surface area is 91.0 Å². The van der Waals surface area contributed by atoms with Crippen molar-refractivity contribution in [3.8, 4) is 0 Å². The summed E-state index contributed by atoms with van der Waals surface area (Å²) in [7, 11) is 1.59. The normalized spacial score (nSPS) is 12.0. The van der Waals surface area contributed by atoms with E-state index in [-0.39, 0.29) is 18.4 Å². The number of likely N-dealkylation sites (N-methyl/N-ethyl adjacent to an activating group) is 2. The molecule has 0 aromatic rings. The topological polar surface area (TPSA) is 75.4 Å². The van der Waals surface area contributed by atoms with E-state index in [0.29, 0.717) is 13.0 Å². The minimum Gasteiger partial charge on any atom is -0.355 e. The number of hydrogen-bond acceptors (Lipinski definition) is 3. The third-order valence-electron chi connectivity index (χ3n) is 2.05. The number of nitrogens with two attached hydrogens (primary N) is 1. The zero-order chi connectivity index (χ0) is 11.8. The summed E-state index contributed by atoms with van der Waals surface area (Å²) in [5.41, 5.74) is 5.66. The first-order chi connectivity index (χ1) is 7.02. The van der Waals surface area contributed by atoms with Crippen molar-refractivity contribution in [1.29, 1.82) is 0 Å². The van der Waals surface area contributed by atoms with Crippen LogP contribution < -0.4 is 11.1 Å². The fraction of sp³-hybridized carbons (Fsp3) is 0.800. The summed E-state index contributed by atoms with van der Waals surface area (Å²) >= 11 is 0. The van der Waals surface area contributed by atoms with Gasteiger partial charge >= 0.3 is 0 Å². The lowest BCUT2D eigenvalue weighted by atomic mass is 10.1. The van der Waals surface area contributed by atoms with E-state index in [1.165, 1.54) is 4.90 Å².